The highest BCUT2D eigenvalue weighted by Crippen LogP contribution is 2.41. The van der Waals surface area contributed by atoms with Gasteiger partial charge in [0.2, 0.25) is 5.91 Å². The van der Waals surface area contributed by atoms with Crippen LogP contribution in [0.3, 0.4) is 0 Å². The molecule has 8 rings (SSSR count). The number of methoxy groups -OCH3 is 2. The van der Waals surface area contributed by atoms with Gasteiger partial charge in [-0.3, -0.25) is 19.4 Å². The minimum absolute atomic E-state index is 0.0125. The molecule has 3 N–H and O–H groups in total. The smallest absolute Gasteiger partial charge is 0.260 e. The molecular weight excluding hydrogens is 761 g/mol. The summed E-state index contributed by atoms with van der Waals surface area (Å²) < 4.78 is 24.2. The molecule has 0 fully saturated rings. The molecule has 0 aromatic heterocycles. The van der Waals surface area contributed by atoms with Crippen LogP contribution in [0.15, 0.2) is 96.0 Å². The first-order valence-corrected chi connectivity index (χ1v) is 19.9. The van der Waals surface area contributed by atoms with Crippen molar-refractivity contribution in [1.82, 2.24) is 5.32 Å². The van der Waals surface area contributed by atoms with Crippen molar-refractivity contribution in [2.45, 2.75) is 51.1 Å². The number of nitrogens with one attached hydrogen (secondary N) is 3. The van der Waals surface area contributed by atoms with Gasteiger partial charge >= 0.3 is 0 Å². The number of benzene rings is 5. The van der Waals surface area contributed by atoms with E-state index in [0.29, 0.717) is 57.7 Å². The largest absolute Gasteiger partial charge is 0.493 e. The number of hydrogen-bond acceptors (Lipinski definition) is 11. The first-order chi connectivity index (χ1) is 29.2. The van der Waals surface area contributed by atoms with Crippen LogP contribution < -0.4 is 44.7 Å². The Bertz CT molecular complexity index is 2490. The van der Waals surface area contributed by atoms with Gasteiger partial charge in [-0.15, -0.1) is 0 Å². The fourth-order valence-corrected chi connectivity index (χ4v) is 8.05. The summed E-state index contributed by atoms with van der Waals surface area (Å²) in [5.41, 5.74) is 8.52. The number of carbonyl (C=O) groups excluding carboxylic acids is 3. The molecule has 308 valence electrons. The summed E-state index contributed by atoms with van der Waals surface area (Å²) >= 11 is 0. The minimum Gasteiger partial charge on any atom is -0.493 e. The Hall–Kier alpha value is -6.86. The maximum absolute atomic E-state index is 14.0. The maximum atomic E-state index is 14.0. The van der Waals surface area contributed by atoms with Gasteiger partial charge in [0.1, 0.15) is 13.2 Å². The summed E-state index contributed by atoms with van der Waals surface area (Å²) in [6.07, 6.45) is 4.20. The first-order valence-electron chi connectivity index (χ1n) is 19.9. The van der Waals surface area contributed by atoms with Crippen molar-refractivity contribution >= 4 is 52.8 Å². The van der Waals surface area contributed by atoms with Crippen molar-refractivity contribution < 1.29 is 33.3 Å². The summed E-state index contributed by atoms with van der Waals surface area (Å²) in [7, 11) is 6.82. The third-order valence-corrected chi connectivity index (χ3v) is 11.4. The average molecular weight is 809 g/mol. The van der Waals surface area contributed by atoms with Crippen LogP contribution in [0.2, 0.25) is 0 Å². The normalized spacial score (nSPS) is 16.9. The maximum Gasteiger partial charge on any atom is 0.260 e. The Balaban J connectivity index is 1.03. The zero-order valence-electron chi connectivity index (χ0n) is 34.3. The van der Waals surface area contributed by atoms with Gasteiger partial charge in [0.15, 0.2) is 29.3 Å². The fraction of sp³-hybridized carbons (Fsp3) is 0.277. The predicted molar refractivity (Wildman–Crippen MR) is 233 cm³/mol. The molecule has 0 spiro atoms. The van der Waals surface area contributed by atoms with E-state index in [2.05, 4.69) is 39.0 Å². The van der Waals surface area contributed by atoms with Crippen LogP contribution in [-0.4, -0.2) is 77.3 Å². The summed E-state index contributed by atoms with van der Waals surface area (Å²) in [6, 6.07) is 28.3. The molecule has 2 unspecified atom stereocenters. The molecule has 0 bridgehead atoms. The third kappa shape index (κ3) is 7.95. The molecule has 3 heterocycles. The monoisotopic (exact) mass is 808 g/mol. The summed E-state index contributed by atoms with van der Waals surface area (Å²) in [5, 5.41) is 9.45. The second kappa shape index (κ2) is 17.2. The molecule has 3 aliphatic heterocycles. The number of rotatable bonds is 14. The molecule has 0 saturated heterocycles. The van der Waals surface area contributed by atoms with Crippen LogP contribution in [0.25, 0.3) is 0 Å². The van der Waals surface area contributed by atoms with Crippen LogP contribution in [0.4, 0.5) is 28.4 Å². The zero-order chi connectivity index (χ0) is 41.9. The van der Waals surface area contributed by atoms with Gasteiger partial charge in [0.25, 0.3) is 5.91 Å². The number of anilines is 4. The Morgan fingerprint density at radius 1 is 0.867 bits per heavy atom. The van der Waals surface area contributed by atoms with Gasteiger partial charge in [0, 0.05) is 54.6 Å². The van der Waals surface area contributed by atoms with Crippen molar-refractivity contribution in [1.29, 1.82) is 0 Å². The third-order valence-electron chi connectivity index (χ3n) is 11.4. The van der Waals surface area contributed by atoms with E-state index in [-0.39, 0.29) is 37.1 Å². The van der Waals surface area contributed by atoms with Crippen molar-refractivity contribution in [2.24, 2.45) is 4.99 Å². The lowest BCUT2D eigenvalue weighted by Gasteiger charge is -2.22. The molecule has 2 amide bonds. The molecular formula is C47H48N6O7. The number of hydrogen-bond donors (Lipinski definition) is 3. The van der Waals surface area contributed by atoms with Crippen LogP contribution in [-0.2, 0) is 30.8 Å². The lowest BCUT2D eigenvalue weighted by Crippen LogP contribution is -2.39. The highest BCUT2D eigenvalue weighted by Gasteiger charge is 2.37. The topological polar surface area (TPSA) is 143 Å². The Kier molecular flexibility index (Phi) is 11.4. The van der Waals surface area contributed by atoms with Crippen LogP contribution in [0, 0.1) is 0 Å². The van der Waals surface area contributed by atoms with Gasteiger partial charge in [-0.1, -0.05) is 36.4 Å². The summed E-state index contributed by atoms with van der Waals surface area (Å²) in [5.74, 6) is 1.34. The van der Waals surface area contributed by atoms with Crippen molar-refractivity contribution in [2.75, 3.05) is 55.3 Å². The molecule has 3 atom stereocenters. The molecule has 0 saturated carbocycles. The van der Waals surface area contributed by atoms with E-state index in [1.165, 1.54) is 12.7 Å². The van der Waals surface area contributed by atoms with E-state index in [1.807, 2.05) is 72.8 Å². The molecule has 0 aliphatic carbocycles. The van der Waals surface area contributed by atoms with E-state index in [4.69, 9.17) is 23.9 Å². The quantitative estimate of drug-likeness (QED) is 0.0795. The summed E-state index contributed by atoms with van der Waals surface area (Å²) in [4.78, 5) is 48.0. The highest BCUT2D eigenvalue weighted by molar-refractivity contribution is 6.12. The van der Waals surface area contributed by atoms with Gasteiger partial charge in [-0.05, 0) is 91.5 Å². The molecule has 5 aromatic rings. The molecule has 13 nitrogen and oxygen atoms in total. The SMILES string of the molecule is CNC(C)C(=O)Nc1cc(COc2cc(/N=C\[C@@H]3Cc4ccccc4N3C)c(C=O)cc2OC)cc(COc2cc3c(cc2OC)C(=O)N2c4ccccc4CC2CN3)c1. The number of para-hydroxylation sites is 2. The van der Waals surface area contributed by atoms with Crippen LogP contribution in [0.5, 0.6) is 23.0 Å². The molecule has 0 radical (unpaired) electrons. The molecule has 3 aliphatic rings. The lowest BCUT2D eigenvalue weighted by atomic mass is 10.1. The molecule has 13 heteroatoms. The van der Waals surface area contributed by atoms with Crippen molar-refractivity contribution in [3.63, 3.8) is 0 Å². The second-order valence-electron chi connectivity index (χ2n) is 15.2. The number of carbonyl (C=O) groups is 3. The van der Waals surface area contributed by atoms with Crippen LogP contribution in [0.1, 0.15) is 49.9 Å². The van der Waals surface area contributed by atoms with Gasteiger partial charge in [0.05, 0.1) is 49.3 Å². The Morgan fingerprint density at radius 2 is 1.52 bits per heavy atom. The Labute approximate surface area is 349 Å². The number of nitrogens with zero attached hydrogens (tertiary/aromatic N) is 3. The Morgan fingerprint density at radius 3 is 2.18 bits per heavy atom. The summed E-state index contributed by atoms with van der Waals surface area (Å²) in [6.45, 7) is 2.56. The van der Waals surface area contributed by atoms with Gasteiger partial charge in [-0.25, -0.2) is 0 Å². The minimum atomic E-state index is -0.439. The fourth-order valence-electron chi connectivity index (χ4n) is 8.05. The van der Waals surface area contributed by atoms with Crippen LogP contribution >= 0.6 is 0 Å². The van der Waals surface area contributed by atoms with Crippen molar-refractivity contribution in [3.05, 3.63) is 124 Å². The number of fused-ring (bicyclic) bond motifs is 5. The van der Waals surface area contributed by atoms with E-state index in [0.717, 1.165) is 47.2 Å². The van der Waals surface area contributed by atoms with E-state index < -0.39 is 6.04 Å². The second-order valence-corrected chi connectivity index (χ2v) is 15.2. The number of ether oxygens (including phenoxy) is 4. The van der Waals surface area contributed by atoms with E-state index >= 15 is 0 Å². The number of aldehydes is 1. The predicted octanol–water partition coefficient (Wildman–Crippen LogP) is 6.98. The lowest BCUT2D eigenvalue weighted by molar-refractivity contribution is -0.117. The molecule has 60 heavy (non-hydrogen) atoms. The van der Waals surface area contributed by atoms with Gasteiger partial charge in [-0.2, -0.15) is 0 Å². The zero-order valence-corrected chi connectivity index (χ0v) is 34.3. The van der Waals surface area contributed by atoms with Gasteiger partial charge < -0.3 is 44.7 Å². The highest BCUT2D eigenvalue weighted by atomic mass is 16.5. The standard InChI is InChI=1S/C47H48N6O7/c1-28(48-2)46(55)51-34-15-29(26-59-44-21-38(33(25-54)19-42(44)57-4)49-23-35-17-31-10-6-8-12-40(31)52(35)3)14-30(16-34)27-60-45-22-39-37(20-43(45)58-5)47(56)53-36(24-50-39)18-32-11-7-9-13-41(32)53/h6-16,19-23,25,28,35-36,48,50H,17-18,24,26-27H2,1-5H3,(H,51,55)/b49-23-/t28?,35-,36?/m0/s1. The number of aliphatic imine (C=N–C) groups is 1. The van der Waals surface area contributed by atoms with E-state index in [9.17, 15) is 14.4 Å². The number of likely N-dealkylation sites (N-methyl/N-ethyl adjacent to an activating group) is 2. The van der Waals surface area contributed by atoms with Crippen molar-refractivity contribution in [3.8, 4) is 23.0 Å². The van der Waals surface area contributed by atoms with E-state index in [1.54, 1.807) is 39.3 Å². The first kappa shape index (κ1) is 39.9. The number of amides is 2. The average Bonchev–Trinajstić information content (AvgIpc) is 3.77. The molecule has 5 aromatic carbocycles.